The Labute approximate surface area is 133 Å². The molecule has 0 spiro atoms. The van der Waals surface area contributed by atoms with Gasteiger partial charge in [0.2, 0.25) is 5.91 Å². The fourth-order valence-electron chi connectivity index (χ4n) is 2.83. The highest BCUT2D eigenvalue weighted by atomic mass is 16.2. The molecular weight excluding hydrogens is 288 g/mol. The van der Waals surface area contributed by atoms with Gasteiger partial charge < -0.3 is 4.98 Å². The van der Waals surface area contributed by atoms with E-state index in [1.807, 2.05) is 42.5 Å². The van der Waals surface area contributed by atoms with Crippen molar-refractivity contribution in [1.82, 2.24) is 15.4 Å². The van der Waals surface area contributed by atoms with Crippen molar-refractivity contribution in [2.45, 2.75) is 12.3 Å². The Morgan fingerprint density at radius 3 is 2.78 bits per heavy atom. The fourth-order valence-corrected chi connectivity index (χ4v) is 2.83. The lowest BCUT2D eigenvalue weighted by atomic mass is 10.1. The molecule has 23 heavy (non-hydrogen) atoms. The summed E-state index contributed by atoms with van der Waals surface area (Å²) in [5, 5.41) is 4.01. The van der Waals surface area contributed by atoms with Crippen molar-refractivity contribution < 1.29 is 4.79 Å². The van der Waals surface area contributed by atoms with Crippen molar-refractivity contribution in [1.29, 1.82) is 0 Å². The molecule has 5 heteroatoms. The number of hydrogen-bond acceptors (Lipinski definition) is 3. The number of hydrogen-bond donors (Lipinski definition) is 2. The summed E-state index contributed by atoms with van der Waals surface area (Å²) in [5.74, 6) is 0.927. The zero-order valence-electron chi connectivity index (χ0n) is 12.4. The van der Waals surface area contributed by atoms with Gasteiger partial charge in [-0.15, -0.1) is 0 Å². The lowest BCUT2D eigenvalue weighted by Gasteiger charge is -1.99. The van der Waals surface area contributed by atoms with Crippen molar-refractivity contribution in [2.24, 2.45) is 11.0 Å². The van der Waals surface area contributed by atoms with E-state index in [0.717, 1.165) is 17.5 Å². The molecule has 1 heterocycles. The van der Waals surface area contributed by atoms with Crippen LogP contribution in [0.4, 0.5) is 0 Å². The molecule has 1 amide bonds. The standard InChI is InChI=1S/C18H16N4O/c23-18(14-10-13(14)12-6-2-1-3-7-12)22-19-11-17-20-15-8-4-5-9-16(15)21-17/h1-9,11,13-14H,10H2,(H,20,21)(H,22,23)/b19-11+. The molecular formula is C18H16N4O. The lowest BCUT2D eigenvalue weighted by molar-refractivity contribution is -0.122. The summed E-state index contributed by atoms with van der Waals surface area (Å²) in [6.07, 6.45) is 2.42. The topological polar surface area (TPSA) is 70.1 Å². The summed E-state index contributed by atoms with van der Waals surface area (Å²) in [6, 6.07) is 17.9. The second-order valence-corrected chi connectivity index (χ2v) is 5.73. The van der Waals surface area contributed by atoms with Crippen molar-refractivity contribution in [2.75, 3.05) is 0 Å². The maximum absolute atomic E-state index is 12.1. The van der Waals surface area contributed by atoms with Crippen LogP contribution in [-0.2, 0) is 4.79 Å². The number of fused-ring (bicyclic) bond motifs is 1. The number of rotatable bonds is 4. The average Bonchev–Trinajstić information content (AvgIpc) is 3.28. The molecule has 2 N–H and O–H groups in total. The summed E-state index contributed by atoms with van der Waals surface area (Å²) >= 11 is 0. The zero-order valence-corrected chi connectivity index (χ0v) is 12.4. The van der Waals surface area contributed by atoms with Crippen molar-refractivity contribution in [3.05, 3.63) is 66.0 Å². The molecule has 2 aromatic carbocycles. The summed E-state index contributed by atoms with van der Waals surface area (Å²) in [5.41, 5.74) is 5.66. The molecule has 0 bridgehead atoms. The Hall–Kier alpha value is -2.95. The molecule has 114 valence electrons. The minimum absolute atomic E-state index is 0.0187. The van der Waals surface area contributed by atoms with Gasteiger partial charge in [0.25, 0.3) is 0 Å². The normalized spacial score (nSPS) is 20.0. The minimum atomic E-state index is -0.0359. The SMILES string of the molecule is O=C(N/N=C/c1nc2ccccc2[nH]1)C1CC1c1ccccc1. The number of nitrogens with one attached hydrogen (secondary N) is 2. The van der Waals surface area contributed by atoms with Crippen LogP contribution in [0.3, 0.4) is 0 Å². The number of imidazole rings is 1. The lowest BCUT2D eigenvalue weighted by Crippen LogP contribution is -2.20. The number of aromatic amines is 1. The van der Waals surface area contributed by atoms with Gasteiger partial charge in [-0.25, -0.2) is 10.4 Å². The molecule has 1 aliphatic carbocycles. The van der Waals surface area contributed by atoms with Crippen LogP contribution in [-0.4, -0.2) is 22.1 Å². The monoisotopic (exact) mass is 304 g/mol. The number of nitrogens with zero attached hydrogens (tertiary/aromatic N) is 2. The third-order valence-corrected chi connectivity index (χ3v) is 4.12. The first-order chi connectivity index (χ1) is 11.3. The van der Waals surface area contributed by atoms with Gasteiger partial charge >= 0.3 is 0 Å². The van der Waals surface area contributed by atoms with Gasteiger partial charge in [-0.1, -0.05) is 42.5 Å². The van der Waals surface area contributed by atoms with E-state index in [2.05, 4.69) is 32.6 Å². The van der Waals surface area contributed by atoms with Crippen LogP contribution < -0.4 is 5.43 Å². The molecule has 2 unspecified atom stereocenters. The number of carbonyl (C=O) groups excluding carboxylic acids is 1. The van der Waals surface area contributed by atoms with Crippen LogP contribution in [0.25, 0.3) is 11.0 Å². The van der Waals surface area contributed by atoms with Crippen LogP contribution in [0.1, 0.15) is 23.7 Å². The third kappa shape index (κ3) is 2.85. The molecule has 3 aromatic rings. The number of para-hydroxylation sites is 2. The summed E-state index contributed by atoms with van der Waals surface area (Å²) in [4.78, 5) is 19.6. The molecule has 2 atom stereocenters. The molecule has 4 rings (SSSR count). The van der Waals surface area contributed by atoms with Gasteiger partial charge in [0, 0.05) is 5.92 Å². The molecule has 0 aliphatic heterocycles. The molecule has 1 aromatic heterocycles. The Balaban J connectivity index is 1.37. The predicted molar refractivity (Wildman–Crippen MR) is 89.1 cm³/mol. The van der Waals surface area contributed by atoms with E-state index in [0.29, 0.717) is 11.7 Å². The Morgan fingerprint density at radius 2 is 1.96 bits per heavy atom. The van der Waals surface area contributed by atoms with Crippen LogP contribution in [0.2, 0.25) is 0 Å². The van der Waals surface area contributed by atoms with E-state index >= 15 is 0 Å². The Morgan fingerprint density at radius 1 is 1.17 bits per heavy atom. The molecule has 5 nitrogen and oxygen atoms in total. The van der Waals surface area contributed by atoms with Crippen LogP contribution >= 0.6 is 0 Å². The van der Waals surface area contributed by atoms with Crippen molar-refractivity contribution in [3.8, 4) is 0 Å². The Bertz CT molecular complexity index is 836. The smallest absolute Gasteiger partial charge is 0.243 e. The first-order valence-corrected chi connectivity index (χ1v) is 7.64. The number of benzene rings is 2. The van der Waals surface area contributed by atoms with E-state index in [9.17, 15) is 4.79 Å². The zero-order chi connectivity index (χ0) is 15.6. The van der Waals surface area contributed by atoms with Gasteiger partial charge in [0.05, 0.1) is 17.2 Å². The van der Waals surface area contributed by atoms with Gasteiger partial charge in [0.1, 0.15) is 0 Å². The highest BCUT2D eigenvalue weighted by Gasteiger charge is 2.43. The summed E-state index contributed by atoms with van der Waals surface area (Å²) < 4.78 is 0. The third-order valence-electron chi connectivity index (χ3n) is 4.12. The summed E-state index contributed by atoms with van der Waals surface area (Å²) in [6.45, 7) is 0. The Kier molecular flexibility index (Phi) is 3.38. The number of hydrazone groups is 1. The quantitative estimate of drug-likeness (QED) is 0.575. The minimum Gasteiger partial charge on any atom is -0.337 e. The molecule has 0 radical (unpaired) electrons. The number of H-pyrrole nitrogens is 1. The fraction of sp³-hybridized carbons (Fsp3) is 0.167. The average molecular weight is 304 g/mol. The number of carbonyl (C=O) groups is 1. The second kappa shape index (κ2) is 5.68. The van der Waals surface area contributed by atoms with Gasteiger partial charge in [-0.2, -0.15) is 5.10 Å². The highest BCUT2D eigenvalue weighted by molar-refractivity contribution is 5.86. The van der Waals surface area contributed by atoms with E-state index in [-0.39, 0.29) is 11.8 Å². The first-order valence-electron chi connectivity index (χ1n) is 7.64. The first kappa shape index (κ1) is 13.7. The van der Waals surface area contributed by atoms with Gasteiger partial charge in [-0.05, 0) is 30.0 Å². The van der Waals surface area contributed by atoms with E-state index in [1.165, 1.54) is 11.8 Å². The van der Waals surface area contributed by atoms with Crippen LogP contribution in [0, 0.1) is 5.92 Å². The van der Waals surface area contributed by atoms with E-state index in [4.69, 9.17) is 0 Å². The van der Waals surface area contributed by atoms with Crippen molar-refractivity contribution >= 4 is 23.2 Å². The number of amides is 1. The predicted octanol–water partition coefficient (Wildman–Crippen LogP) is 2.82. The van der Waals surface area contributed by atoms with Gasteiger partial charge in [0.15, 0.2) is 5.82 Å². The maximum Gasteiger partial charge on any atom is 0.243 e. The molecule has 1 saturated carbocycles. The highest BCUT2D eigenvalue weighted by Crippen LogP contribution is 2.47. The summed E-state index contributed by atoms with van der Waals surface area (Å²) in [7, 11) is 0. The van der Waals surface area contributed by atoms with Gasteiger partial charge in [-0.3, -0.25) is 4.79 Å². The van der Waals surface area contributed by atoms with Crippen molar-refractivity contribution in [3.63, 3.8) is 0 Å². The molecule has 0 saturated heterocycles. The van der Waals surface area contributed by atoms with Crippen LogP contribution in [0.5, 0.6) is 0 Å². The maximum atomic E-state index is 12.1. The molecule has 1 fully saturated rings. The van der Waals surface area contributed by atoms with E-state index < -0.39 is 0 Å². The second-order valence-electron chi connectivity index (χ2n) is 5.73. The van der Waals surface area contributed by atoms with E-state index in [1.54, 1.807) is 0 Å². The molecule has 1 aliphatic rings. The largest absolute Gasteiger partial charge is 0.337 e. The van der Waals surface area contributed by atoms with Crippen LogP contribution in [0.15, 0.2) is 59.7 Å². The number of aromatic nitrogens is 2.